The monoisotopic (exact) mass is 389 g/mol. The minimum atomic E-state index is -4.74. The zero-order chi connectivity index (χ0) is 20.3. The topological polar surface area (TPSA) is 93.0 Å². The van der Waals surface area contributed by atoms with Gasteiger partial charge in [-0.25, -0.2) is 4.98 Å². The second-order valence-electron chi connectivity index (χ2n) is 5.85. The van der Waals surface area contributed by atoms with E-state index in [1.807, 2.05) is 13.0 Å². The van der Waals surface area contributed by atoms with Crippen LogP contribution in [0.3, 0.4) is 0 Å². The summed E-state index contributed by atoms with van der Waals surface area (Å²) in [5.74, 6) is -0.674. The highest BCUT2D eigenvalue weighted by Gasteiger charge is 2.35. The minimum Gasteiger partial charge on any atom is -0.334 e. The number of hydrogen-bond donors (Lipinski definition) is 2. The maximum atomic E-state index is 13.3. The summed E-state index contributed by atoms with van der Waals surface area (Å²) in [4.78, 5) is 18.0. The van der Waals surface area contributed by atoms with Crippen LogP contribution in [-0.2, 0) is 6.18 Å². The molecule has 28 heavy (non-hydrogen) atoms. The van der Waals surface area contributed by atoms with Crippen LogP contribution in [0.1, 0.15) is 11.1 Å². The largest absolute Gasteiger partial charge is 0.421 e. The molecule has 0 bridgehead atoms. The van der Waals surface area contributed by atoms with E-state index < -0.39 is 22.5 Å². The Morgan fingerprint density at radius 3 is 2.50 bits per heavy atom. The number of anilines is 4. The molecule has 1 aromatic heterocycles. The Balaban J connectivity index is 2.01. The van der Waals surface area contributed by atoms with Crippen LogP contribution in [0.5, 0.6) is 0 Å². The minimum absolute atomic E-state index is 0.0836. The van der Waals surface area contributed by atoms with Crippen LogP contribution < -0.4 is 10.6 Å². The van der Waals surface area contributed by atoms with Gasteiger partial charge in [0.1, 0.15) is 17.1 Å². The summed E-state index contributed by atoms with van der Waals surface area (Å²) < 4.78 is 40.0. The SMILES string of the molecule is Cc1cccc(Nc2ncc(C(F)(F)F)c(Nc3ccccc3[N+](=O)[O-])n2)c1. The number of alkyl halides is 3. The Hall–Kier alpha value is -3.69. The fourth-order valence-corrected chi connectivity index (χ4v) is 2.46. The third kappa shape index (κ3) is 4.34. The fourth-order valence-electron chi connectivity index (χ4n) is 2.46. The highest BCUT2D eigenvalue weighted by molar-refractivity contribution is 5.70. The van der Waals surface area contributed by atoms with E-state index in [0.717, 1.165) is 5.56 Å². The van der Waals surface area contributed by atoms with Gasteiger partial charge in [-0.3, -0.25) is 10.1 Å². The molecule has 0 aliphatic heterocycles. The number of aryl methyl sites for hydroxylation is 1. The molecule has 0 unspecified atom stereocenters. The number of rotatable bonds is 5. The van der Waals surface area contributed by atoms with Gasteiger partial charge in [0.15, 0.2) is 0 Å². The van der Waals surface area contributed by atoms with E-state index in [9.17, 15) is 23.3 Å². The lowest BCUT2D eigenvalue weighted by Gasteiger charge is -2.15. The van der Waals surface area contributed by atoms with Crippen LogP contribution in [0.2, 0.25) is 0 Å². The standard InChI is InChI=1S/C18H14F3N5O2/c1-11-5-4-6-12(9-11)23-17-22-10-13(18(19,20)21)16(25-17)24-14-7-2-3-8-15(14)26(27)28/h2-10H,1H3,(H2,22,23,24,25). The Kier molecular flexibility index (Phi) is 5.12. The van der Waals surface area contributed by atoms with Crippen molar-refractivity contribution in [3.8, 4) is 0 Å². The van der Waals surface area contributed by atoms with E-state index in [-0.39, 0.29) is 17.3 Å². The Morgan fingerprint density at radius 2 is 1.82 bits per heavy atom. The van der Waals surface area contributed by atoms with Gasteiger partial charge in [0.05, 0.1) is 4.92 Å². The Morgan fingerprint density at radius 1 is 1.07 bits per heavy atom. The lowest BCUT2D eigenvalue weighted by atomic mass is 10.2. The summed E-state index contributed by atoms with van der Waals surface area (Å²) >= 11 is 0. The van der Waals surface area contributed by atoms with Gasteiger partial charge in [-0.15, -0.1) is 0 Å². The molecule has 0 atom stereocenters. The molecule has 0 spiro atoms. The summed E-state index contributed by atoms with van der Waals surface area (Å²) in [7, 11) is 0. The van der Waals surface area contributed by atoms with Crippen molar-refractivity contribution in [1.82, 2.24) is 9.97 Å². The molecule has 3 aromatic rings. The van der Waals surface area contributed by atoms with E-state index in [0.29, 0.717) is 11.9 Å². The summed E-state index contributed by atoms with van der Waals surface area (Å²) in [5, 5.41) is 16.4. The van der Waals surface area contributed by atoms with Crippen LogP contribution in [-0.4, -0.2) is 14.9 Å². The van der Waals surface area contributed by atoms with Crippen molar-refractivity contribution in [2.75, 3.05) is 10.6 Å². The van der Waals surface area contributed by atoms with Crippen LogP contribution in [0, 0.1) is 17.0 Å². The number of halogens is 3. The highest BCUT2D eigenvalue weighted by Crippen LogP contribution is 2.36. The number of aromatic nitrogens is 2. The van der Waals surface area contributed by atoms with Crippen molar-refractivity contribution in [2.24, 2.45) is 0 Å². The second kappa shape index (κ2) is 7.51. The zero-order valence-electron chi connectivity index (χ0n) is 14.5. The van der Waals surface area contributed by atoms with Gasteiger partial charge in [0.2, 0.25) is 5.95 Å². The summed E-state index contributed by atoms with van der Waals surface area (Å²) in [5.41, 5.74) is -0.0901. The lowest BCUT2D eigenvalue weighted by molar-refractivity contribution is -0.383. The first-order valence-corrected chi connectivity index (χ1v) is 8.02. The van der Waals surface area contributed by atoms with Crippen LogP contribution in [0.25, 0.3) is 0 Å². The number of hydrogen-bond acceptors (Lipinski definition) is 6. The predicted molar refractivity (Wildman–Crippen MR) is 97.9 cm³/mol. The Labute approximate surface area is 157 Å². The van der Waals surface area contributed by atoms with Gasteiger partial charge in [0, 0.05) is 18.0 Å². The van der Waals surface area contributed by atoms with Gasteiger partial charge in [-0.2, -0.15) is 18.2 Å². The smallest absolute Gasteiger partial charge is 0.334 e. The lowest BCUT2D eigenvalue weighted by Crippen LogP contribution is -2.13. The quantitative estimate of drug-likeness (QED) is 0.460. The van der Waals surface area contributed by atoms with Crippen molar-refractivity contribution < 1.29 is 18.1 Å². The third-order valence-electron chi connectivity index (χ3n) is 3.72. The number of benzene rings is 2. The van der Waals surface area contributed by atoms with Gasteiger partial charge >= 0.3 is 6.18 Å². The molecule has 0 fully saturated rings. The van der Waals surface area contributed by atoms with Crippen molar-refractivity contribution >= 4 is 28.8 Å². The number of nitrogens with one attached hydrogen (secondary N) is 2. The van der Waals surface area contributed by atoms with Crippen molar-refractivity contribution in [1.29, 1.82) is 0 Å². The normalized spacial score (nSPS) is 11.1. The number of para-hydroxylation sites is 2. The summed E-state index contributed by atoms with van der Waals surface area (Å²) in [6.07, 6.45) is -4.12. The first-order chi connectivity index (χ1) is 13.2. The molecule has 1 heterocycles. The van der Waals surface area contributed by atoms with Gasteiger partial charge in [0.25, 0.3) is 5.69 Å². The van der Waals surface area contributed by atoms with E-state index in [1.54, 1.807) is 18.2 Å². The maximum Gasteiger partial charge on any atom is 0.421 e. The fraction of sp³-hybridized carbons (Fsp3) is 0.111. The Bertz CT molecular complexity index is 1020. The van der Waals surface area contributed by atoms with Crippen LogP contribution in [0.4, 0.5) is 42.0 Å². The summed E-state index contributed by atoms with van der Waals surface area (Å²) in [6, 6.07) is 12.5. The summed E-state index contributed by atoms with van der Waals surface area (Å²) in [6.45, 7) is 1.86. The second-order valence-corrected chi connectivity index (χ2v) is 5.85. The molecule has 0 radical (unpaired) electrons. The molecule has 2 aromatic carbocycles. The van der Waals surface area contributed by atoms with Crippen LogP contribution in [0.15, 0.2) is 54.7 Å². The van der Waals surface area contributed by atoms with E-state index in [1.165, 1.54) is 24.3 Å². The number of nitro benzene ring substituents is 1. The molecule has 144 valence electrons. The molecular formula is C18H14F3N5O2. The maximum absolute atomic E-state index is 13.3. The predicted octanol–water partition coefficient (Wildman–Crippen LogP) is 5.20. The first kappa shape index (κ1) is 19.1. The van der Waals surface area contributed by atoms with Gasteiger partial charge in [-0.05, 0) is 30.7 Å². The molecule has 10 heteroatoms. The average Bonchev–Trinajstić information content (AvgIpc) is 2.61. The average molecular weight is 389 g/mol. The molecule has 0 aliphatic rings. The van der Waals surface area contributed by atoms with Crippen molar-refractivity contribution in [3.05, 3.63) is 76.0 Å². The molecule has 2 N–H and O–H groups in total. The number of nitro groups is 1. The van der Waals surface area contributed by atoms with Crippen molar-refractivity contribution in [2.45, 2.75) is 13.1 Å². The number of nitrogens with zero attached hydrogens (tertiary/aromatic N) is 3. The first-order valence-electron chi connectivity index (χ1n) is 8.02. The molecule has 7 nitrogen and oxygen atoms in total. The van der Waals surface area contributed by atoms with E-state index in [4.69, 9.17) is 0 Å². The van der Waals surface area contributed by atoms with E-state index in [2.05, 4.69) is 20.6 Å². The molecule has 0 saturated carbocycles. The van der Waals surface area contributed by atoms with Crippen molar-refractivity contribution in [3.63, 3.8) is 0 Å². The highest BCUT2D eigenvalue weighted by atomic mass is 19.4. The third-order valence-corrected chi connectivity index (χ3v) is 3.72. The van der Waals surface area contributed by atoms with Crippen LogP contribution >= 0.6 is 0 Å². The van der Waals surface area contributed by atoms with Gasteiger partial charge < -0.3 is 10.6 Å². The molecule has 0 saturated heterocycles. The molecule has 0 amide bonds. The molecule has 3 rings (SSSR count). The molecule has 0 aliphatic carbocycles. The van der Waals surface area contributed by atoms with Gasteiger partial charge in [-0.1, -0.05) is 24.3 Å². The van der Waals surface area contributed by atoms with E-state index >= 15 is 0 Å². The molecular weight excluding hydrogens is 375 g/mol. The zero-order valence-corrected chi connectivity index (χ0v) is 14.5.